The van der Waals surface area contributed by atoms with E-state index >= 15 is 0 Å². The maximum absolute atomic E-state index is 10.4. The number of aromatic nitrogens is 2. The van der Waals surface area contributed by atoms with Crippen molar-refractivity contribution in [3.63, 3.8) is 0 Å². The first-order valence-corrected chi connectivity index (χ1v) is 8.64. The van der Waals surface area contributed by atoms with Crippen LogP contribution in [0.3, 0.4) is 0 Å². The fourth-order valence-electron chi connectivity index (χ4n) is 2.14. The molecule has 1 N–H and O–H groups in total. The lowest BCUT2D eigenvalue weighted by molar-refractivity contribution is 0.179. The SMILES string of the molecule is CCc1nn(CC)c(CC(O)c2cc(Br)c(C)s2)c1Cl. The molecule has 2 rings (SSSR count). The van der Waals surface area contributed by atoms with E-state index in [0.717, 1.165) is 33.7 Å². The Hall–Kier alpha value is -0.360. The van der Waals surface area contributed by atoms with Gasteiger partial charge in [0.25, 0.3) is 0 Å². The Morgan fingerprint density at radius 1 is 1.50 bits per heavy atom. The molecule has 0 amide bonds. The smallest absolute Gasteiger partial charge is 0.0938 e. The van der Waals surface area contributed by atoms with Gasteiger partial charge in [0.1, 0.15) is 0 Å². The molecule has 0 aliphatic heterocycles. The number of aliphatic hydroxyl groups excluding tert-OH is 1. The van der Waals surface area contributed by atoms with Gasteiger partial charge in [0, 0.05) is 27.2 Å². The summed E-state index contributed by atoms with van der Waals surface area (Å²) in [6.07, 6.45) is 0.749. The lowest BCUT2D eigenvalue weighted by Gasteiger charge is -2.10. The van der Waals surface area contributed by atoms with Crippen LogP contribution in [0.25, 0.3) is 0 Å². The summed E-state index contributed by atoms with van der Waals surface area (Å²) in [5, 5.41) is 15.6. The number of hydrogen-bond donors (Lipinski definition) is 1. The molecule has 110 valence electrons. The third kappa shape index (κ3) is 3.11. The normalized spacial score (nSPS) is 12.9. The Labute approximate surface area is 136 Å². The Kier molecular flexibility index (Phi) is 5.29. The summed E-state index contributed by atoms with van der Waals surface area (Å²) < 4.78 is 2.93. The van der Waals surface area contributed by atoms with Gasteiger partial charge in [0.2, 0.25) is 0 Å². The Morgan fingerprint density at radius 2 is 2.20 bits per heavy atom. The number of hydrogen-bond acceptors (Lipinski definition) is 3. The highest BCUT2D eigenvalue weighted by atomic mass is 79.9. The highest BCUT2D eigenvalue weighted by molar-refractivity contribution is 9.10. The van der Waals surface area contributed by atoms with Crippen LogP contribution < -0.4 is 0 Å². The highest BCUT2D eigenvalue weighted by Crippen LogP contribution is 2.33. The summed E-state index contributed by atoms with van der Waals surface area (Å²) in [5.74, 6) is 0. The largest absolute Gasteiger partial charge is 0.387 e. The molecule has 20 heavy (non-hydrogen) atoms. The second kappa shape index (κ2) is 6.60. The van der Waals surface area contributed by atoms with Crippen LogP contribution in [0.5, 0.6) is 0 Å². The van der Waals surface area contributed by atoms with Gasteiger partial charge in [-0.25, -0.2) is 0 Å². The minimum absolute atomic E-state index is 0.492. The van der Waals surface area contributed by atoms with Crippen molar-refractivity contribution >= 4 is 38.9 Å². The predicted octanol–water partition coefficient (Wildman–Crippen LogP) is 4.53. The van der Waals surface area contributed by atoms with Crippen LogP contribution in [-0.2, 0) is 19.4 Å². The average Bonchev–Trinajstić information content (AvgIpc) is 2.92. The Bertz CT molecular complexity index is 589. The molecule has 0 aromatic carbocycles. The molecule has 0 fully saturated rings. The van der Waals surface area contributed by atoms with Crippen LogP contribution in [0, 0.1) is 6.92 Å². The number of halogens is 2. The number of rotatable bonds is 5. The summed E-state index contributed by atoms with van der Waals surface area (Å²) in [5.41, 5.74) is 1.82. The summed E-state index contributed by atoms with van der Waals surface area (Å²) in [4.78, 5) is 2.12. The molecule has 0 radical (unpaired) electrons. The lowest BCUT2D eigenvalue weighted by atomic mass is 10.1. The van der Waals surface area contributed by atoms with E-state index in [4.69, 9.17) is 11.6 Å². The maximum atomic E-state index is 10.4. The summed E-state index contributed by atoms with van der Waals surface area (Å²) in [6, 6.07) is 1.98. The molecule has 0 spiro atoms. The zero-order chi connectivity index (χ0) is 14.9. The molecule has 0 aliphatic rings. The standard InChI is InChI=1S/C14H18BrClN2OS/c1-4-10-14(16)11(18(5-2)17-10)7-12(19)13-6-9(15)8(3)20-13/h6,12,19H,4-5,7H2,1-3H3. The van der Waals surface area contributed by atoms with Gasteiger partial charge in [-0.05, 0) is 42.3 Å². The molecule has 1 atom stereocenters. The van der Waals surface area contributed by atoms with Crippen LogP contribution in [0.2, 0.25) is 5.02 Å². The van der Waals surface area contributed by atoms with Crippen LogP contribution in [-0.4, -0.2) is 14.9 Å². The van der Waals surface area contributed by atoms with Gasteiger partial charge < -0.3 is 5.11 Å². The molecule has 1 unspecified atom stereocenters. The van der Waals surface area contributed by atoms with Crippen molar-refractivity contribution in [3.05, 3.63) is 36.7 Å². The average molecular weight is 378 g/mol. The van der Waals surface area contributed by atoms with Gasteiger partial charge >= 0.3 is 0 Å². The minimum Gasteiger partial charge on any atom is -0.387 e. The molecule has 2 heterocycles. The van der Waals surface area contributed by atoms with Gasteiger partial charge in [-0.2, -0.15) is 5.10 Å². The van der Waals surface area contributed by atoms with Crippen LogP contribution in [0.4, 0.5) is 0 Å². The molecule has 0 saturated carbocycles. The zero-order valence-electron chi connectivity index (χ0n) is 11.8. The molecule has 3 nitrogen and oxygen atoms in total. The van der Waals surface area contributed by atoms with E-state index < -0.39 is 6.10 Å². The number of aryl methyl sites for hydroxylation is 3. The van der Waals surface area contributed by atoms with Gasteiger partial charge in [0.05, 0.1) is 22.5 Å². The van der Waals surface area contributed by atoms with E-state index in [9.17, 15) is 5.11 Å². The van der Waals surface area contributed by atoms with E-state index in [1.807, 2.05) is 31.5 Å². The molecule has 2 aromatic heterocycles. The first-order chi connectivity index (χ1) is 9.47. The molecular weight excluding hydrogens is 360 g/mol. The quantitative estimate of drug-likeness (QED) is 0.831. The van der Waals surface area contributed by atoms with E-state index in [1.54, 1.807) is 11.3 Å². The van der Waals surface area contributed by atoms with Crippen molar-refractivity contribution in [2.45, 2.75) is 46.3 Å². The first-order valence-electron chi connectivity index (χ1n) is 6.65. The number of thiophene rings is 1. The van der Waals surface area contributed by atoms with Crippen molar-refractivity contribution in [2.24, 2.45) is 0 Å². The van der Waals surface area contributed by atoms with Crippen molar-refractivity contribution in [1.29, 1.82) is 0 Å². The number of aliphatic hydroxyl groups is 1. The molecule has 2 aromatic rings. The maximum Gasteiger partial charge on any atom is 0.0938 e. The Balaban J connectivity index is 2.27. The summed E-state index contributed by atoms with van der Waals surface area (Å²) >= 11 is 11.5. The van der Waals surface area contributed by atoms with Crippen LogP contribution in [0.15, 0.2) is 10.5 Å². The monoisotopic (exact) mass is 376 g/mol. The van der Waals surface area contributed by atoms with Gasteiger partial charge in [-0.15, -0.1) is 11.3 Å². The topological polar surface area (TPSA) is 38.0 Å². The molecule has 0 saturated heterocycles. The first kappa shape index (κ1) is 16.0. The van der Waals surface area contributed by atoms with E-state index in [-0.39, 0.29) is 0 Å². The van der Waals surface area contributed by atoms with Crippen molar-refractivity contribution < 1.29 is 5.11 Å². The van der Waals surface area contributed by atoms with Gasteiger partial charge in [-0.1, -0.05) is 18.5 Å². The fourth-order valence-corrected chi connectivity index (χ4v) is 4.03. The molecule has 0 bridgehead atoms. The predicted molar refractivity (Wildman–Crippen MR) is 87.7 cm³/mol. The van der Waals surface area contributed by atoms with Gasteiger partial charge in [-0.3, -0.25) is 4.68 Å². The van der Waals surface area contributed by atoms with Crippen LogP contribution in [0.1, 0.15) is 41.1 Å². The third-order valence-corrected chi connectivity index (χ3v) is 5.96. The third-order valence-electron chi connectivity index (χ3n) is 3.29. The second-order valence-corrected chi connectivity index (χ2v) is 7.17. The van der Waals surface area contributed by atoms with E-state index in [1.165, 1.54) is 4.88 Å². The minimum atomic E-state index is -0.547. The lowest BCUT2D eigenvalue weighted by Crippen LogP contribution is -2.08. The second-order valence-electron chi connectivity index (χ2n) is 4.65. The van der Waals surface area contributed by atoms with Gasteiger partial charge in [0.15, 0.2) is 0 Å². The van der Waals surface area contributed by atoms with E-state index in [0.29, 0.717) is 11.4 Å². The molecule has 6 heteroatoms. The fraction of sp³-hybridized carbons (Fsp3) is 0.500. The molecular formula is C14H18BrClN2OS. The van der Waals surface area contributed by atoms with Crippen LogP contribution >= 0.6 is 38.9 Å². The van der Waals surface area contributed by atoms with Crippen molar-refractivity contribution in [2.75, 3.05) is 0 Å². The zero-order valence-corrected chi connectivity index (χ0v) is 14.9. The van der Waals surface area contributed by atoms with E-state index in [2.05, 4.69) is 21.0 Å². The summed E-state index contributed by atoms with van der Waals surface area (Å²) in [7, 11) is 0. The highest BCUT2D eigenvalue weighted by Gasteiger charge is 2.20. The summed E-state index contributed by atoms with van der Waals surface area (Å²) in [6.45, 7) is 6.86. The molecule has 0 aliphatic carbocycles. The van der Waals surface area contributed by atoms with Crippen molar-refractivity contribution in [1.82, 2.24) is 9.78 Å². The Morgan fingerprint density at radius 3 is 2.70 bits per heavy atom. The van der Waals surface area contributed by atoms with Crippen molar-refractivity contribution in [3.8, 4) is 0 Å². The number of nitrogens with zero attached hydrogens (tertiary/aromatic N) is 2.